The smallest absolute Gasteiger partial charge is 0.314 e. The Morgan fingerprint density at radius 1 is 1.36 bits per heavy atom. The summed E-state index contributed by atoms with van der Waals surface area (Å²) in [6, 6.07) is -0.0744. The van der Waals surface area contributed by atoms with Gasteiger partial charge in [0.25, 0.3) is 0 Å². The Bertz CT molecular complexity index is 237. The first kappa shape index (κ1) is 11.3. The normalized spacial score (nSPS) is 35.4. The minimum absolute atomic E-state index is 0.0744. The third kappa shape index (κ3) is 1.60. The second-order valence-electron chi connectivity index (χ2n) is 5.20. The number of carbonyl (C=O) groups is 1. The van der Waals surface area contributed by atoms with E-state index in [9.17, 15) is 4.79 Å². The second-order valence-corrected chi connectivity index (χ2v) is 5.20. The number of hydrogen-bond acceptors (Lipinski definition) is 1. The van der Waals surface area contributed by atoms with Gasteiger partial charge < -0.3 is 10.6 Å². The van der Waals surface area contributed by atoms with Crippen LogP contribution in [-0.2, 0) is 0 Å². The van der Waals surface area contributed by atoms with Crippen molar-refractivity contribution >= 4 is 6.03 Å². The summed E-state index contributed by atoms with van der Waals surface area (Å²) in [4.78, 5) is 11.3. The van der Waals surface area contributed by atoms with Crippen LogP contribution < -0.4 is 10.6 Å². The molecule has 1 aliphatic rings. The van der Waals surface area contributed by atoms with E-state index in [1.807, 2.05) is 0 Å². The molecule has 2 N–H and O–H groups in total. The van der Waals surface area contributed by atoms with Crippen molar-refractivity contribution in [2.75, 3.05) is 7.05 Å². The molecule has 3 heteroatoms. The molecule has 1 aliphatic carbocycles. The number of nitrogens with one attached hydrogen (secondary N) is 2. The lowest BCUT2D eigenvalue weighted by Crippen LogP contribution is -2.56. The largest absolute Gasteiger partial charge is 0.341 e. The summed E-state index contributed by atoms with van der Waals surface area (Å²) in [7, 11) is 1.66. The van der Waals surface area contributed by atoms with Crippen molar-refractivity contribution in [3.05, 3.63) is 0 Å². The molecular weight excluding hydrogens is 176 g/mol. The van der Waals surface area contributed by atoms with Gasteiger partial charge in [-0.25, -0.2) is 4.79 Å². The van der Waals surface area contributed by atoms with Crippen LogP contribution in [0.2, 0.25) is 0 Å². The van der Waals surface area contributed by atoms with Crippen molar-refractivity contribution in [2.24, 2.45) is 11.3 Å². The summed E-state index contributed by atoms with van der Waals surface area (Å²) in [5, 5.41) is 5.70. The zero-order valence-corrected chi connectivity index (χ0v) is 9.90. The van der Waals surface area contributed by atoms with Gasteiger partial charge >= 0.3 is 6.03 Å². The van der Waals surface area contributed by atoms with Crippen molar-refractivity contribution in [3.63, 3.8) is 0 Å². The first-order chi connectivity index (χ1) is 6.33. The van der Waals surface area contributed by atoms with Crippen molar-refractivity contribution < 1.29 is 4.79 Å². The van der Waals surface area contributed by atoms with E-state index in [4.69, 9.17) is 0 Å². The monoisotopic (exact) mass is 198 g/mol. The molecule has 0 heterocycles. The molecule has 1 fully saturated rings. The highest BCUT2D eigenvalue weighted by Gasteiger charge is 2.50. The predicted octanol–water partition coefficient (Wildman–Crippen LogP) is 2.13. The molecule has 0 radical (unpaired) electrons. The van der Waals surface area contributed by atoms with Gasteiger partial charge in [0.1, 0.15) is 0 Å². The Labute approximate surface area is 86.6 Å². The van der Waals surface area contributed by atoms with Gasteiger partial charge in [-0.05, 0) is 31.1 Å². The Balaban J connectivity index is 2.79. The third-order valence-corrected chi connectivity index (χ3v) is 4.35. The van der Waals surface area contributed by atoms with Gasteiger partial charge in [-0.1, -0.05) is 20.8 Å². The van der Waals surface area contributed by atoms with Gasteiger partial charge in [-0.3, -0.25) is 0 Å². The van der Waals surface area contributed by atoms with Crippen molar-refractivity contribution in [1.29, 1.82) is 0 Å². The molecule has 0 bridgehead atoms. The van der Waals surface area contributed by atoms with Gasteiger partial charge in [0, 0.05) is 12.6 Å². The topological polar surface area (TPSA) is 41.1 Å². The number of urea groups is 1. The van der Waals surface area contributed by atoms with Gasteiger partial charge in [-0.2, -0.15) is 0 Å². The summed E-state index contributed by atoms with van der Waals surface area (Å²) in [5.41, 5.74) is 0.0893. The molecule has 1 rings (SSSR count). The van der Waals surface area contributed by atoms with Crippen molar-refractivity contribution in [3.8, 4) is 0 Å². The zero-order valence-electron chi connectivity index (χ0n) is 9.90. The summed E-state index contributed by atoms with van der Waals surface area (Å²) in [6.45, 7) is 8.88. The maximum atomic E-state index is 11.3. The molecule has 0 aliphatic heterocycles. The zero-order chi connectivity index (χ0) is 11.0. The van der Waals surface area contributed by atoms with Crippen molar-refractivity contribution in [2.45, 2.75) is 46.1 Å². The first-order valence-electron chi connectivity index (χ1n) is 5.33. The molecule has 0 spiro atoms. The Kier molecular flexibility index (Phi) is 2.79. The summed E-state index contributed by atoms with van der Waals surface area (Å²) in [6.07, 6.45) is 2.25. The average Bonchev–Trinajstić information content (AvgIpc) is 2.30. The average molecular weight is 198 g/mol. The molecule has 0 aromatic heterocycles. The lowest BCUT2D eigenvalue weighted by atomic mass is 9.72. The van der Waals surface area contributed by atoms with Gasteiger partial charge in [0.15, 0.2) is 0 Å². The number of rotatable bonds is 1. The fourth-order valence-electron chi connectivity index (χ4n) is 2.27. The van der Waals surface area contributed by atoms with Gasteiger partial charge in [0.2, 0.25) is 0 Å². The number of carbonyl (C=O) groups excluding carboxylic acids is 1. The minimum atomic E-state index is -0.0769. The van der Waals surface area contributed by atoms with Crippen LogP contribution in [0.3, 0.4) is 0 Å². The van der Waals surface area contributed by atoms with E-state index < -0.39 is 0 Å². The number of hydrogen-bond donors (Lipinski definition) is 2. The van der Waals surface area contributed by atoms with E-state index in [1.165, 1.54) is 6.42 Å². The fourth-order valence-corrected chi connectivity index (χ4v) is 2.27. The summed E-state index contributed by atoms with van der Waals surface area (Å²) in [5.74, 6) is 0.657. The Morgan fingerprint density at radius 3 is 2.29 bits per heavy atom. The molecule has 1 unspecified atom stereocenters. The van der Waals surface area contributed by atoms with Crippen LogP contribution in [0.1, 0.15) is 40.5 Å². The van der Waals surface area contributed by atoms with Crippen LogP contribution in [-0.4, -0.2) is 18.6 Å². The molecule has 14 heavy (non-hydrogen) atoms. The molecule has 1 saturated carbocycles. The molecule has 0 saturated heterocycles. The first-order valence-corrected chi connectivity index (χ1v) is 5.33. The van der Waals surface area contributed by atoms with E-state index in [0.717, 1.165) is 6.42 Å². The van der Waals surface area contributed by atoms with Crippen molar-refractivity contribution in [1.82, 2.24) is 10.6 Å². The van der Waals surface area contributed by atoms with Crippen LogP contribution >= 0.6 is 0 Å². The minimum Gasteiger partial charge on any atom is -0.341 e. The highest BCUT2D eigenvalue weighted by molar-refractivity contribution is 5.74. The van der Waals surface area contributed by atoms with Crippen LogP contribution in [0.25, 0.3) is 0 Å². The highest BCUT2D eigenvalue weighted by Crippen LogP contribution is 2.49. The molecule has 0 aromatic rings. The van der Waals surface area contributed by atoms with E-state index in [-0.39, 0.29) is 17.0 Å². The standard InChI is InChI=1S/C11H22N2O/c1-8-6-7-11(4,10(8,2)3)13-9(14)12-5/h8H,6-7H2,1-5H3,(H2,12,13,14)/t8?,11-/m0/s1. The second kappa shape index (κ2) is 3.44. The molecule has 2 atom stereocenters. The fraction of sp³-hybridized carbons (Fsp3) is 0.909. The SMILES string of the molecule is CNC(=O)N[C@@]1(C)CCC(C)C1(C)C. The lowest BCUT2D eigenvalue weighted by Gasteiger charge is -2.41. The van der Waals surface area contributed by atoms with E-state index in [2.05, 4.69) is 38.3 Å². The highest BCUT2D eigenvalue weighted by atomic mass is 16.2. The van der Waals surface area contributed by atoms with Crippen LogP contribution in [0.4, 0.5) is 4.79 Å². The molecule has 82 valence electrons. The van der Waals surface area contributed by atoms with Crippen LogP contribution in [0, 0.1) is 11.3 Å². The molecule has 0 aromatic carbocycles. The Hall–Kier alpha value is -0.730. The summed E-state index contributed by atoms with van der Waals surface area (Å²) >= 11 is 0. The van der Waals surface area contributed by atoms with E-state index in [0.29, 0.717) is 5.92 Å². The quantitative estimate of drug-likeness (QED) is 0.666. The lowest BCUT2D eigenvalue weighted by molar-refractivity contribution is 0.140. The van der Waals surface area contributed by atoms with Gasteiger partial charge in [0.05, 0.1) is 0 Å². The van der Waals surface area contributed by atoms with Crippen LogP contribution in [0.15, 0.2) is 0 Å². The Morgan fingerprint density at radius 2 is 1.93 bits per heavy atom. The molecular formula is C11H22N2O. The number of amides is 2. The third-order valence-electron chi connectivity index (χ3n) is 4.35. The van der Waals surface area contributed by atoms with E-state index in [1.54, 1.807) is 7.05 Å². The molecule has 3 nitrogen and oxygen atoms in total. The maximum absolute atomic E-state index is 11.3. The summed E-state index contributed by atoms with van der Waals surface area (Å²) < 4.78 is 0. The van der Waals surface area contributed by atoms with E-state index >= 15 is 0 Å². The maximum Gasteiger partial charge on any atom is 0.314 e. The predicted molar refractivity (Wildman–Crippen MR) is 58.2 cm³/mol. The van der Waals surface area contributed by atoms with Crippen LogP contribution in [0.5, 0.6) is 0 Å². The molecule has 2 amide bonds. The van der Waals surface area contributed by atoms with Gasteiger partial charge in [-0.15, -0.1) is 0 Å².